The molecule has 0 atom stereocenters. The van der Waals surface area contributed by atoms with Crippen LogP contribution in [0.1, 0.15) is 16.8 Å². The molecule has 1 aliphatic heterocycles. The van der Waals surface area contributed by atoms with Crippen LogP contribution in [0, 0.1) is 0 Å². The van der Waals surface area contributed by atoms with Crippen LogP contribution >= 0.6 is 0 Å². The molecule has 6 nitrogen and oxygen atoms in total. The van der Waals surface area contributed by atoms with Gasteiger partial charge in [0.2, 0.25) is 0 Å². The first kappa shape index (κ1) is 17.0. The molecule has 1 aromatic carbocycles. The van der Waals surface area contributed by atoms with Crippen LogP contribution in [0.15, 0.2) is 55.3 Å². The van der Waals surface area contributed by atoms with E-state index in [9.17, 15) is 4.79 Å². The molecule has 3 rings (SSSR count). The summed E-state index contributed by atoms with van der Waals surface area (Å²) in [5, 5.41) is 8.10. The number of hydrogen-bond donors (Lipinski definition) is 0. The molecule has 1 aliphatic rings. The van der Waals surface area contributed by atoms with E-state index in [1.165, 1.54) is 0 Å². The third kappa shape index (κ3) is 4.15. The molecule has 0 saturated carbocycles. The average Bonchev–Trinajstić information content (AvgIpc) is 2.93. The van der Waals surface area contributed by atoms with E-state index < -0.39 is 0 Å². The molecule has 0 spiro atoms. The number of nitrogens with zero attached hydrogens (tertiary/aromatic N) is 4. The van der Waals surface area contributed by atoms with Crippen molar-refractivity contribution in [3.63, 3.8) is 0 Å². The van der Waals surface area contributed by atoms with Gasteiger partial charge < -0.3 is 14.5 Å². The lowest BCUT2D eigenvalue weighted by Crippen LogP contribution is -2.35. The van der Waals surface area contributed by atoms with E-state index in [-0.39, 0.29) is 5.91 Å². The number of carbonyl (C=O) groups is 1. The molecule has 1 saturated heterocycles. The molecule has 6 heteroatoms. The van der Waals surface area contributed by atoms with Gasteiger partial charge in [-0.25, -0.2) is 0 Å². The lowest BCUT2D eigenvalue weighted by atomic mass is 10.1. The first-order valence-electron chi connectivity index (χ1n) is 8.44. The van der Waals surface area contributed by atoms with Crippen LogP contribution in [-0.4, -0.2) is 53.8 Å². The molecule has 0 N–H and O–H groups in total. The Morgan fingerprint density at radius 2 is 2.04 bits per heavy atom. The first-order valence-corrected chi connectivity index (χ1v) is 8.44. The molecule has 1 amide bonds. The number of carbonyl (C=O) groups excluding carboxylic acids is 1. The van der Waals surface area contributed by atoms with Crippen LogP contribution in [0.2, 0.25) is 0 Å². The molecule has 0 radical (unpaired) electrons. The Hall–Kier alpha value is -2.89. The normalized spacial score (nSPS) is 14.7. The summed E-state index contributed by atoms with van der Waals surface area (Å²) < 4.78 is 5.63. The van der Waals surface area contributed by atoms with Crippen LogP contribution < -0.4 is 9.64 Å². The zero-order chi connectivity index (χ0) is 17.5. The fraction of sp³-hybridized carbons (Fsp3) is 0.316. The van der Waals surface area contributed by atoms with Crippen LogP contribution in [0.3, 0.4) is 0 Å². The predicted octanol–water partition coefficient (Wildman–Crippen LogP) is 2.39. The number of rotatable bonds is 5. The SMILES string of the molecule is C=CCOc1ccccc1C(=O)N1CCCN(c2cccnn2)CC1. The highest BCUT2D eigenvalue weighted by Gasteiger charge is 2.23. The summed E-state index contributed by atoms with van der Waals surface area (Å²) in [7, 11) is 0. The minimum Gasteiger partial charge on any atom is -0.489 e. The van der Waals surface area contributed by atoms with Gasteiger partial charge >= 0.3 is 0 Å². The van der Waals surface area contributed by atoms with Crippen LogP contribution in [0.25, 0.3) is 0 Å². The van der Waals surface area contributed by atoms with Gasteiger partial charge in [-0.2, -0.15) is 5.10 Å². The molecular weight excluding hydrogens is 316 g/mol. The number of para-hydroxylation sites is 1. The second-order valence-electron chi connectivity index (χ2n) is 5.81. The number of aromatic nitrogens is 2. The summed E-state index contributed by atoms with van der Waals surface area (Å²) in [6.07, 6.45) is 4.22. The minimum absolute atomic E-state index is 0.000609. The summed E-state index contributed by atoms with van der Waals surface area (Å²) in [4.78, 5) is 17.0. The molecule has 1 aromatic heterocycles. The van der Waals surface area contributed by atoms with Crippen LogP contribution in [0.4, 0.5) is 5.82 Å². The van der Waals surface area contributed by atoms with E-state index in [1.807, 2.05) is 41.3 Å². The molecule has 2 aromatic rings. The highest BCUT2D eigenvalue weighted by molar-refractivity contribution is 5.97. The van der Waals surface area contributed by atoms with E-state index in [1.54, 1.807) is 12.3 Å². The van der Waals surface area contributed by atoms with E-state index in [0.29, 0.717) is 31.0 Å². The minimum atomic E-state index is 0.000609. The molecule has 25 heavy (non-hydrogen) atoms. The summed E-state index contributed by atoms with van der Waals surface area (Å²) in [5.74, 6) is 1.45. The van der Waals surface area contributed by atoms with Crippen LogP contribution in [0.5, 0.6) is 5.75 Å². The summed E-state index contributed by atoms with van der Waals surface area (Å²) >= 11 is 0. The summed E-state index contributed by atoms with van der Waals surface area (Å²) in [6.45, 7) is 6.98. The maximum absolute atomic E-state index is 13.0. The van der Waals surface area contributed by atoms with Crippen molar-refractivity contribution in [1.82, 2.24) is 15.1 Å². The van der Waals surface area contributed by atoms with Crippen LogP contribution in [-0.2, 0) is 0 Å². The Morgan fingerprint density at radius 1 is 1.16 bits per heavy atom. The van der Waals surface area contributed by atoms with Crippen molar-refractivity contribution in [3.05, 3.63) is 60.8 Å². The van der Waals surface area contributed by atoms with Crippen molar-refractivity contribution in [2.24, 2.45) is 0 Å². The number of amides is 1. The molecule has 2 heterocycles. The maximum Gasteiger partial charge on any atom is 0.257 e. The fourth-order valence-corrected chi connectivity index (χ4v) is 2.90. The van der Waals surface area contributed by atoms with Gasteiger partial charge in [0, 0.05) is 32.4 Å². The van der Waals surface area contributed by atoms with Gasteiger partial charge in [-0.15, -0.1) is 5.10 Å². The first-order chi connectivity index (χ1) is 12.3. The molecule has 0 aliphatic carbocycles. The highest BCUT2D eigenvalue weighted by atomic mass is 16.5. The molecule has 0 bridgehead atoms. The lowest BCUT2D eigenvalue weighted by Gasteiger charge is -2.23. The Kier molecular flexibility index (Phi) is 5.61. The number of benzene rings is 1. The second-order valence-corrected chi connectivity index (χ2v) is 5.81. The van der Waals surface area contributed by atoms with Crippen molar-refractivity contribution in [3.8, 4) is 5.75 Å². The van der Waals surface area contributed by atoms with Gasteiger partial charge in [0.05, 0.1) is 5.56 Å². The Bertz CT molecular complexity index is 720. The van der Waals surface area contributed by atoms with Crippen molar-refractivity contribution >= 4 is 11.7 Å². The van der Waals surface area contributed by atoms with Gasteiger partial charge in [0.15, 0.2) is 5.82 Å². The highest BCUT2D eigenvalue weighted by Crippen LogP contribution is 2.21. The smallest absolute Gasteiger partial charge is 0.257 e. The van der Waals surface area contributed by atoms with E-state index in [2.05, 4.69) is 21.7 Å². The van der Waals surface area contributed by atoms with Gasteiger partial charge in [0.1, 0.15) is 12.4 Å². The average molecular weight is 338 g/mol. The third-order valence-corrected chi connectivity index (χ3v) is 4.14. The molecule has 0 unspecified atom stereocenters. The van der Waals surface area contributed by atoms with Crippen molar-refractivity contribution in [1.29, 1.82) is 0 Å². The Morgan fingerprint density at radius 3 is 2.84 bits per heavy atom. The zero-order valence-corrected chi connectivity index (χ0v) is 14.2. The van der Waals surface area contributed by atoms with E-state index in [0.717, 1.165) is 25.3 Å². The van der Waals surface area contributed by atoms with E-state index >= 15 is 0 Å². The molecule has 130 valence electrons. The second kappa shape index (κ2) is 8.28. The van der Waals surface area contributed by atoms with Crippen molar-refractivity contribution < 1.29 is 9.53 Å². The number of anilines is 1. The monoisotopic (exact) mass is 338 g/mol. The number of hydrogen-bond acceptors (Lipinski definition) is 5. The number of ether oxygens (including phenoxy) is 1. The summed E-state index contributed by atoms with van der Waals surface area (Å²) in [6, 6.07) is 11.2. The molecular formula is C19H22N4O2. The topological polar surface area (TPSA) is 58.6 Å². The van der Waals surface area contributed by atoms with Gasteiger partial charge in [-0.3, -0.25) is 4.79 Å². The Balaban J connectivity index is 1.70. The maximum atomic E-state index is 13.0. The third-order valence-electron chi connectivity index (χ3n) is 4.14. The van der Waals surface area contributed by atoms with Gasteiger partial charge in [-0.1, -0.05) is 24.8 Å². The predicted molar refractivity (Wildman–Crippen MR) is 96.9 cm³/mol. The lowest BCUT2D eigenvalue weighted by molar-refractivity contribution is 0.0763. The fourth-order valence-electron chi connectivity index (χ4n) is 2.90. The standard InChI is InChI=1S/C19H22N4O2/c1-2-15-25-17-8-4-3-7-16(17)19(24)23-12-6-11-22(13-14-23)18-9-5-10-20-21-18/h2-5,7-10H,1,6,11-15H2. The van der Waals surface area contributed by atoms with Gasteiger partial charge in [0.25, 0.3) is 5.91 Å². The van der Waals surface area contributed by atoms with Gasteiger partial charge in [-0.05, 0) is 30.7 Å². The largest absolute Gasteiger partial charge is 0.489 e. The molecule has 1 fully saturated rings. The summed E-state index contributed by atoms with van der Waals surface area (Å²) in [5.41, 5.74) is 0.595. The quantitative estimate of drug-likeness (QED) is 0.784. The van der Waals surface area contributed by atoms with Crippen molar-refractivity contribution in [2.75, 3.05) is 37.7 Å². The zero-order valence-electron chi connectivity index (χ0n) is 14.2. The van der Waals surface area contributed by atoms with Crippen molar-refractivity contribution in [2.45, 2.75) is 6.42 Å². The Labute approximate surface area is 147 Å². The van der Waals surface area contributed by atoms with E-state index in [4.69, 9.17) is 4.74 Å².